The van der Waals surface area contributed by atoms with Gasteiger partial charge in [-0.3, -0.25) is 0 Å². The summed E-state index contributed by atoms with van der Waals surface area (Å²) in [5.41, 5.74) is 7.52. The second-order valence-electron chi connectivity index (χ2n) is 8.32. The third kappa shape index (κ3) is 4.45. The van der Waals surface area contributed by atoms with E-state index >= 15 is 0 Å². The van der Waals surface area contributed by atoms with E-state index in [9.17, 15) is 8.42 Å². The van der Waals surface area contributed by atoms with Gasteiger partial charge in [0.05, 0.1) is 16.3 Å². The van der Waals surface area contributed by atoms with Gasteiger partial charge in [-0.25, -0.2) is 23.1 Å². The number of benzene rings is 3. The molecule has 0 spiro atoms. The van der Waals surface area contributed by atoms with E-state index in [1.807, 2.05) is 50.2 Å². The zero-order valence-corrected chi connectivity index (χ0v) is 19.3. The molecule has 1 aliphatic rings. The van der Waals surface area contributed by atoms with Crippen LogP contribution in [0.15, 0.2) is 77.7 Å². The second-order valence-corrected chi connectivity index (χ2v) is 10.0. The topological polar surface area (TPSA) is 84.0 Å². The smallest absolute Gasteiger partial charge is 0.264 e. The fourth-order valence-corrected chi connectivity index (χ4v) is 5.18. The molecule has 2 heterocycles. The zero-order chi connectivity index (χ0) is 23.0. The molecule has 0 unspecified atom stereocenters. The number of aryl methyl sites for hydroxylation is 2. The van der Waals surface area contributed by atoms with E-state index < -0.39 is 10.0 Å². The molecule has 0 atom stereocenters. The fraction of sp³-hybridized carbons (Fsp3) is 0.154. The lowest BCUT2D eigenvalue weighted by atomic mass is 9.98. The van der Waals surface area contributed by atoms with Crippen LogP contribution in [0, 0.1) is 13.8 Å². The number of hydrogen-bond acceptors (Lipinski definition) is 5. The Morgan fingerprint density at radius 2 is 1.55 bits per heavy atom. The molecular weight excluding hydrogens is 432 g/mol. The van der Waals surface area contributed by atoms with Crippen LogP contribution in [0.25, 0.3) is 11.3 Å². The molecule has 0 saturated heterocycles. The van der Waals surface area contributed by atoms with Gasteiger partial charge in [-0.05, 0) is 60.4 Å². The van der Waals surface area contributed by atoms with Crippen molar-refractivity contribution in [1.29, 1.82) is 0 Å². The average molecular weight is 457 g/mol. The van der Waals surface area contributed by atoms with E-state index in [1.165, 1.54) is 0 Å². The quantitative estimate of drug-likeness (QED) is 0.417. The van der Waals surface area contributed by atoms with Gasteiger partial charge in [0.25, 0.3) is 10.0 Å². The standard InChI is InChI=1S/C26H24N4O2S/c1-17-6-3-7-18(2)25(17)24-15-22-13-19-8-4-9-20(12-19)16-27-21-10-5-11-23(14-21)33(31,32)30-26(28-22)29-24/h3-12,14-15,27H,13,16H2,1-2H3,(H,28,29,30). The normalized spacial score (nSPS) is 14.5. The number of nitrogens with zero attached hydrogens (tertiary/aromatic N) is 2. The van der Waals surface area contributed by atoms with Crippen LogP contribution in [0.5, 0.6) is 0 Å². The van der Waals surface area contributed by atoms with E-state index in [0.717, 1.165) is 39.2 Å². The number of sulfonamides is 1. The Bertz CT molecular complexity index is 1440. The monoisotopic (exact) mass is 456 g/mol. The van der Waals surface area contributed by atoms with Gasteiger partial charge in [0, 0.05) is 24.2 Å². The Balaban J connectivity index is 1.70. The van der Waals surface area contributed by atoms with E-state index in [0.29, 0.717) is 18.7 Å². The predicted octanol–water partition coefficient (Wildman–Crippen LogP) is 5.08. The van der Waals surface area contributed by atoms with Gasteiger partial charge in [0.1, 0.15) is 0 Å². The highest BCUT2D eigenvalue weighted by Gasteiger charge is 2.19. The molecule has 0 fully saturated rings. The molecule has 166 valence electrons. The van der Waals surface area contributed by atoms with E-state index in [2.05, 4.69) is 38.2 Å². The number of anilines is 2. The van der Waals surface area contributed by atoms with Gasteiger partial charge < -0.3 is 5.32 Å². The van der Waals surface area contributed by atoms with E-state index in [4.69, 9.17) is 0 Å². The first kappa shape index (κ1) is 21.2. The van der Waals surface area contributed by atoms with E-state index in [1.54, 1.807) is 18.2 Å². The molecule has 2 N–H and O–H groups in total. The van der Waals surface area contributed by atoms with Crippen LogP contribution in [-0.2, 0) is 23.0 Å². The van der Waals surface area contributed by atoms with Crippen LogP contribution in [-0.4, -0.2) is 18.4 Å². The Hall–Kier alpha value is -3.71. The summed E-state index contributed by atoms with van der Waals surface area (Å²) in [7, 11) is -3.86. The predicted molar refractivity (Wildman–Crippen MR) is 131 cm³/mol. The molecule has 1 aromatic heterocycles. The number of aromatic nitrogens is 2. The maximum absolute atomic E-state index is 13.2. The molecule has 0 amide bonds. The first-order chi connectivity index (χ1) is 15.9. The molecule has 0 aliphatic carbocycles. The molecular formula is C26H24N4O2S. The molecule has 4 aromatic rings. The van der Waals surface area contributed by atoms with Crippen LogP contribution in [0.2, 0.25) is 0 Å². The summed E-state index contributed by atoms with van der Waals surface area (Å²) in [4.78, 5) is 9.35. The molecule has 6 bridgehead atoms. The minimum atomic E-state index is -3.86. The first-order valence-corrected chi connectivity index (χ1v) is 12.2. The maximum Gasteiger partial charge on any atom is 0.264 e. The zero-order valence-electron chi connectivity index (χ0n) is 18.5. The molecule has 6 nitrogen and oxygen atoms in total. The third-order valence-corrected chi connectivity index (χ3v) is 7.09. The van der Waals surface area contributed by atoms with Crippen molar-refractivity contribution in [1.82, 2.24) is 9.97 Å². The lowest BCUT2D eigenvalue weighted by Gasteiger charge is -2.15. The first-order valence-electron chi connectivity index (χ1n) is 10.8. The summed E-state index contributed by atoms with van der Waals surface area (Å²) >= 11 is 0. The highest BCUT2D eigenvalue weighted by atomic mass is 32.2. The number of nitrogens with one attached hydrogen (secondary N) is 2. The maximum atomic E-state index is 13.2. The molecule has 1 aliphatic heterocycles. The summed E-state index contributed by atoms with van der Waals surface area (Å²) in [6.07, 6.45) is 0.564. The Morgan fingerprint density at radius 3 is 2.36 bits per heavy atom. The van der Waals surface area contributed by atoms with Crippen molar-refractivity contribution >= 4 is 21.7 Å². The van der Waals surface area contributed by atoms with Gasteiger partial charge in [-0.1, -0.05) is 48.5 Å². The minimum absolute atomic E-state index is 0.0664. The molecule has 0 saturated carbocycles. The van der Waals surface area contributed by atoms with Crippen LogP contribution >= 0.6 is 0 Å². The largest absolute Gasteiger partial charge is 0.381 e. The van der Waals surface area contributed by atoms with Crippen LogP contribution < -0.4 is 10.0 Å². The lowest BCUT2D eigenvalue weighted by Crippen LogP contribution is -2.16. The Kier molecular flexibility index (Phi) is 5.34. The van der Waals surface area contributed by atoms with Crippen LogP contribution in [0.1, 0.15) is 27.9 Å². The Labute approximate surface area is 193 Å². The molecule has 0 radical (unpaired) electrons. The van der Waals surface area contributed by atoms with Crippen LogP contribution in [0.3, 0.4) is 0 Å². The van der Waals surface area contributed by atoms with Gasteiger partial charge in [0.15, 0.2) is 0 Å². The number of hydrogen-bond donors (Lipinski definition) is 2. The van der Waals surface area contributed by atoms with Gasteiger partial charge in [-0.15, -0.1) is 0 Å². The van der Waals surface area contributed by atoms with E-state index in [-0.39, 0.29) is 10.8 Å². The van der Waals surface area contributed by atoms with Crippen molar-refractivity contribution in [2.75, 3.05) is 10.0 Å². The summed E-state index contributed by atoms with van der Waals surface area (Å²) in [5.74, 6) is 0.0664. The SMILES string of the molecule is Cc1cccc(C)c1-c1cc2nc(n1)NS(=O)(=O)c1cccc(c1)NCc1cccc(c1)C2. The molecule has 5 rings (SSSR count). The van der Waals surface area contributed by atoms with Crippen molar-refractivity contribution in [3.63, 3.8) is 0 Å². The highest BCUT2D eigenvalue weighted by Crippen LogP contribution is 2.28. The molecule has 33 heavy (non-hydrogen) atoms. The number of rotatable bonds is 1. The third-order valence-electron chi connectivity index (χ3n) is 5.76. The summed E-state index contributed by atoms with van der Waals surface area (Å²) < 4.78 is 28.9. The van der Waals surface area contributed by atoms with Gasteiger partial charge >= 0.3 is 0 Å². The van der Waals surface area contributed by atoms with Crippen molar-refractivity contribution < 1.29 is 8.42 Å². The fourth-order valence-electron chi connectivity index (χ4n) is 4.20. The van der Waals surface area contributed by atoms with Crippen molar-refractivity contribution in [2.24, 2.45) is 0 Å². The summed E-state index contributed by atoms with van der Waals surface area (Å²) in [6, 6.07) is 23.1. The Morgan fingerprint density at radius 1 is 0.818 bits per heavy atom. The van der Waals surface area contributed by atoms with Crippen molar-refractivity contribution in [3.05, 3.63) is 101 Å². The molecule has 3 aromatic carbocycles. The minimum Gasteiger partial charge on any atom is -0.381 e. The second kappa shape index (κ2) is 8.33. The highest BCUT2D eigenvalue weighted by molar-refractivity contribution is 7.92. The summed E-state index contributed by atoms with van der Waals surface area (Å²) in [6.45, 7) is 4.65. The van der Waals surface area contributed by atoms with Gasteiger partial charge in [-0.2, -0.15) is 0 Å². The van der Waals surface area contributed by atoms with Gasteiger partial charge in [0.2, 0.25) is 5.95 Å². The van der Waals surface area contributed by atoms with Crippen molar-refractivity contribution in [3.8, 4) is 11.3 Å². The molecule has 7 heteroatoms. The average Bonchev–Trinajstić information content (AvgIpc) is 2.77. The van der Waals surface area contributed by atoms with Crippen LogP contribution in [0.4, 0.5) is 11.6 Å². The lowest BCUT2D eigenvalue weighted by molar-refractivity contribution is 0.601. The summed E-state index contributed by atoms with van der Waals surface area (Å²) in [5, 5.41) is 3.31. The van der Waals surface area contributed by atoms with Crippen molar-refractivity contribution in [2.45, 2.75) is 31.7 Å². The number of fused-ring (bicyclic) bond motifs is 6.